The first-order chi connectivity index (χ1) is 11.6. The molecule has 4 nitrogen and oxygen atoms in total. The quantitative estimate of drug-likeness (QED) is 0.920. The Hall–Kier alpha value is -2.36. The van der Waals surface area contributed by atoms with Crippen LogP contribution in [-0.4, -0.2) is 34.7 Å². The number of H-pyrrole nitrogens is 1. The Balaban J connectivity index is 1.56. The molecule has 1 amide bonds. The third kappa shape index (κ3) is 2.46. The van der Waals surface area contributed by atoms with Gasteiger partial charge in [-0.2, -0.15) is 0 Å². The molecular weight excluding hydrogens is 300 g/mol. The zero-order valence-electron chi connectivity index (χ0n) is 14.0. The van der Waals surface area contributed by atoms with E-state index < -0.39 is 0 Å². The first kappa shape index (κ1) is 15.2. The molecular formula is C20H22N2O2. The molecule has 0 spiro atoms. The molecule has 0 radical (unpaired) electrons. The second-order valence-electron chi connectivity index (χ2n) is 6.90. The Morgan fingerprint density at radius 3 is 2.75 bits per heavy atom. The molecule has 1 aromatic heterocycles. The molecule has 1 N–H and O–H groups in total. The van der Waals surface area contributed by atoms with Crippen molar-refractivity contribution in [1.29, 1.82) is 0 Å². The second-order valence-corrected chi connectivity index (χ2v) is 6.90. The van der Waals surface area contributed by atoms with E-state index >= 15 is 0 Å². The molecule has 1 aliphatic heterocycles. The summed E-state index contributed by atoms with van der Waals surface area (Å²) in [5.41, 5.74) is 4.46. The third-order valence-electron chi connectivity index (χ3n) is 5.40. The van der Waals surface area contributed by atoms with Gasteiger partial charge >= 0.3 is 0 Å². The maximum atomic E-state index is 13.0. The largest absolute Gasteiger partial charge is 0.354 e. The molecule has 1 aliphatic carbocycles. The number of nitrogens with zero attached hydrogens (tertiary/aromatic N) is 1. The van der Waals surface area contributed by atoms with E-state index in [0.29, 0.717) is 18.0 Å². The number of rotatable bonds is 2. The number of carbonyl (C=O) groups is 2. The van der Waals surface area contributed by atoms with E-state index in [1.165, 1.54) is 5.56 Å². The van der Waals surface area contributed by atoms with Gasteiger partial charge < -0.3 is 9.88 Å². The summed E-state index contributed by atoms with van der Waals surface area (Å²) in [6, 6.07) is 10.4. The van der Waals surface area contributed by atoms with Gasteiger partial charge in [-0.3, -0.25) is 9.59 Å². The number of aromatic amines is 1. The number of hydrogen-bond donors (Lipinski definition) is 1. The van der Waals surface area contributed by atoms with Gasteiger partial charge in [-0.25, -0.2) is 0 Å². The number of hydrogen-bond acceptors (Lipinski definition) is 2. The molecule has 2 heterocycles. The van der Waals surface area contributed by atoms with Gasteiger partial charge in [0.2, 0.25) is 0 Å². The number of fused-ring (bicyclic) bond motifs is 1. The van der Waals surface area contributed by atoms with E-state index in [1.54, 1.807) is 0 Å². The maximum absolute atomic E-state index is 13.0. The number of benzene rings is 1. The lowest BCUT2D eigenvalue weighted by atomic mass is 9.94. The maximum Gasteiger partial charge on any atom is 0.270 e. The van der Waals surface area contributed by atoms with Gasteiger partial charge in [0.1, 0.15) is 5.69 Å². The minimum atomic E-state index is 0.0353. The highest BCUT2D eigenvalue weighted by atomic mass is 16.2. The van der Waals surface area contributed by atoms with Crippen molar-refractivity contribution in [3.05, 3.63) is 58.4 Å². The Morgan fingerprint density at radius 2 is 2.00 bits per heavy atom. The lowest BCUT2D eigenvalue weighted by molar-refractivity contribution is 0.0784. The van der Waals surface area contributed by atoms with Crippen LogP contribution in [0.15, 0.2) is 30.3 Å². The van der Waals surface area contributed by atoms with Gasteiger partial charge in [0.25, 0.3) is 5.91 Å². The number of likely N-dealkylation sites (tertiary alicyclic amines) is 1. The molecule has 124 valence electrons. The summed E-state index contributed by atoms with van der Waals surface area (Å²) in [6.07, 6.45) is 3.33. The molecule has 1 unspecified atom stereocenters. The number of amides is 1. The van der Waals surface area contributed by atoms with Crippen molar-refractivity contribution in [1.82, 2.24) is 9.88 Å². The number of Topliss-reactive ketones (excluding diaryl/α,β-unsaturated/α-hetero) is 1. The minimum absolute atomic E-state index is 0.0353. The highest BCUT2D eigenvalue weighted by Crippen LogP contribution is 2.31. The fraction of sp³-hybridized carbons (Fsp3) is 0.400. The number of nitrogens with one attached hydrogen (secondary N) is 1. The van der Waals surface area contributed by atoms with Crippen LogP contribution in [0.2, 0.25) is 0 Å². The third-order valence-corrected chi connectivity index (χ3v) is 5.40. The van der Waals surface area contributed by atoms with Gasteiger partial charge in [-0.15, -0.1) is 0 Å². The molecule has 4 rings (SSSR count). The van der Waals surface area contributed by atoms with Gasteiger partial charge in [0.15, 0.2) is 5.78 Å². The van der Waals surface area contributed by atoms with Crippen molar-refractivity contribution in [2.24, 2.45) is 0 Å². The standard InChI is InChI=1S/C20H22N2O2/c1-13-18-16(8-5-9-17(18)23)21-19(13)20(24)22-11-10-15(12-22)14-6-3-2-4-7-14/h2-4,6-7,15,21H,5,8-12H2,1H3. The fourth-order valence-corrected chi connectivity index (χ4v) is 4.09. The molecule has 4 heteroatoms. The van der Waals surface area contributed by atoms with Crippen LogP contribution in [0.5, 0.6) is 0 Å². The molecule has 2 aromatic rings. The van der Waals surface area contributed by atoms with Crippen molar-refractivity contribution in [3.63, 3.8) is 0 Å². The number of aromatic nitrogens is 1. The second kappa shape index (κ2) is 5.93. The van der Waals surface area contributed by atoms with Crippen molar-refractivity contribution in [3.8, 4) is 0 Å². The molecule has 2 aliphatic rings. The predicted octanol–water partition coefficient (Wildman–Crippen LogP) is 3.47. The van der Waals surface area contributed by atoms with E-state index in [-0.39, 0.29) is 11.7 Å². The summed E-state index contributed by atoms with van der Waals surface area (Å²) in [7, 11) is 0. The predicted molar refractivity (Wildman–Crippen MR) is 92.5 cm³/mol. The van der Waals surface area contributed by atoms with Crippen LogP contribution < -0.4 is 0 Å². The van der Waals surface area contributed by atoms with Crippen molar-refractivity contribution >= 4 is 11.7 Å². The van der Waals surface area contributed by atoms with E-state index in [9.17, 15) is 9.59 Å². The first-order valence-electron chi connectivity index (χ1n) is 8.74. The van der Waals surface area contributed by atoms with Gasteiger partial charge in [0, 0.05) is 36.7 Å². The molecule has 0 saturated carbocycles. The summed E-state index contributed by atoms with van der Waals surface area (Å²) in [5, 5.41) is 0. The van der Waals surface area contributed by atoms with Crippen LogP contribution in [0.4, 0.5) is 0 Å². The van der Waals surface area contributed by atoms with E-state index in [2.05, 4.69) is 29.2 Å². The van der Waals surface area contributed by atoms with Crippen LogP contribution in [0.3, 0.4) is 0 Å². The van der Waals surface area contributed by atoms with Gasteiger partial charge in [0.05, 0.1) is 0 Å². The Morgan fingerprint density at radius 1 is 1.21 bits per heavy atom. The molecule has 0 bridgehead atoms. The molecule has 1 saturated heterocycles. The van der Waals surface area contributed by atoms with Crippen LogP contribution in [-0.2, 0) is 6.42 Å². The Bertz CT molecular complexity index is 791. The normalized spacial score (nSPS) is 20.3. The van der Waals surface area contributed by atoms with E-state index in [1.807, 2.05) is 17.9 Å². The number of ketones is 1. The monoisotopic (exact) mass is 322 g/mol. The lowest BCUT2D eigenvalue weighted by Crippen LogP contribution is -2.29. The van der Waals surface area contributed by atoms with Crippen LogP contribution >= 0.6 is 0 Å². The van der Waals surface area contributed by atoms with Gasteiger partial charge in [-0.1, -0.05) is 30.3 Å². The van der Waals surface area contributed by atoms with Crippen LogP contribution in [0, 0.1) is 6.92 Å². The Kier molecular flexibility index (Phi) is 3.75. The highest BCUT2D eigenvalue weighted by Gasteiger charge is 2.32. The minimum Gasteiger partial charge on any atom is -0.354 e. The summed E-state index contributed by atoms with van der Waals surface area (Å²) >= 11 is 0. The summed E-state index contributed by atoms with van der Waals surface area (Å²) < 4.78 is 0. The smallest absolute Gasteiger partial charge is 0.270 e. The van der Waals surface area contributed by atoms with Crippen molar-refractivity contribution in [2.75, 3.05) is 13.1 Å². The van der Waals surface area contributed by atoms with E-state index in [0.717, 1.165) is 49.2 Å². The number of aryl methyl sites for hydroxylation is 1. The average molecular weight is 322 g/mol. The molecule has 1 atom stereocenters. The van der Waals surface area contributed by atoms with Crippen LogP contribution in [0.25, 0.3) is 0 Å². The van der Waals surface area contributed by atoms with E-state index in [4.69, 9.17) is 0 Å². The molecule has 1 fully saturated rings. The molecule has 1 aromatic carbocycles. The SMILES string of the molecule is Cc1c(C(=O)N2CCC(c3ccccc3)C2)[nH]c2c1C(=O)CCC2. The fourth-order valence-electron chi connectivity index (χ4n) is 4.09. The zero-order valence-corrected chi connectivity index (χ0v) is 14.0. The number of carbonyl (C=O) groups excluding carboxylic acids is 2. The average Bonchev–Trinajstić information content (AvgIpc) is 3.21. The van der Waals surface area contributed by atoms with Gasteiger partial charge in [-0.05, 0) is 37.3 Å². The first-order valence-corrected chi connectivity index (χ1v) is 8.74. The summed E-state index contributed by atoms with van der Waals surface area (Å²) in [5.74, 6) is 0.613. The van der Waals surface area contributed by atoms with Crippen molar-refractivity contribution in [2.45, 2.75) is 38.5 Å². The Labute approximate surface area is 141 Å². The topological polar surface area (TPSA) is 53.2 Å². The zero-order chi connectivity index (χ0) is 16.7. The van der Waals surface area contributed by atoms with Crippen LogP contribution in [0.1, 0.15) is 62.8 Å². The van der Waals surface area contributed by atoms with Crippen molar-refractivity contribution < 1.29 is 9.59 Å². The lowest BCUT2D eigenvalue weighted by Gasteiger charge is -2.16. The highest BCUT2D eigenvalue weighted by molar-refractivity contribution is 6.04. The summed E-state index contributed by atoms with van der Waals surface area (Å²) in [6.45, 7) is 3.42. The summed E-state index contributed by atoms with van der Waals surface area (Å²) in [4.78, 5) is 30.3. The molecule has 24 heavy (non-hydrogen) atoms.